The van der Waals surface area contributed by atoms with E-state index < -0.39 is 17.6 Å². The number of fused-ring (bicyclic) bond motifs is 2. The van der Waals surface area contributed by atoms with Gasteiger partial charge in [-0.1, -0.05) is 12.6 Å². The molecule has 0 radical (unpaired) electrons. The van der Waals surface area contributed by atoms with Crippen molar-refractivity contribution < 1.29 is 14.0 Å². The molecule has 0 unspecified atom stereocenters. The van der Waals surface area contributed by atoms with Gasteiger partial charge in [0.05, 0.1) is 17.3 Å². The van der Waals surface area contributed by atoms with Crippen LogP contribution in [-0.4, -0.2) is 50.9 Å². The Morgan fingerprint density at radius 2 is 1.98 bits per heavy atom. The number of carbonyl (C=O) groups is 2. The summed E-state index contributed by atoms with van der Waals surface area (Å²) in [6, 6.07) is 14.9. The number of rotatable bonds is 7. The van der Waals surface area contributed by atoms with E-state index in [1.807, 2.05) is 47.2 Å². The molecule has 0 spiro atoms. The zero-order valence-electron chi connectivity index (χ0n) is 24.0. The summed E-state index contributed by atoms with van der Waals surface area (Å²) in [5, 5.41) is 13.8. The molecule has 5 aromatic heterocycles. The van der Waals surface area contributed by atoms with E-state index in [9.17, 15) is 14.0 Å². The number of nitrogen functional groups attached to an aromatic ring is 1. The maximum Gasteiger partial charge on any atom is 0.283 e. The molecule has 14 heteroatoms. The Balaban J connectivity index is 1.25. The van der Waals surface area contributed by atoms with E-state index in [4.69, 9.17) is 15.7 Å². The highest BCUT2D eigenvalue weighted by molar-refractivity contribution is 6.06. The summed E-state index contributed by atoms with van der Waals surface area (Å²) >= 11 is 0. The fourth-order valence-corrected chi connectivity index (χ4v) is 5.57. The summed E-state index contributed by atoms with van der Waals surface area (Å²) in [5.41, 5.74) is 11.1. The zero-order valence-corrected chi connectivity index (χ0v) is 24.0. The molecular formula is C31H26FN11O2. The van der Waals surface area contributed by atoms with Gasteiger partial charge in [0.25, 0.3) is 11.8 Å². The van der Waals surface area contributed by atoms with Crippen molar-refractivity contribution in [3.63, 3.8) is 0 Å². The average molecular weight is 604 g/mol. The quantitative estimate of drug-likeness (QED) is 0.232. The van der Waals surface area contributed by atoms with Crippen molar-refractivity contribution in [1.29, 1.82) is 0 Å². The molecule has 0 aliphatic heterocycles. The second kappa shape index (κ2) is 10.8. The number of nitrogens with one attached hydrogen (secondary N) is 2. The molecule has 13 nitrogen and oxygen atoms in total. The topological polar surface area (TPSA) is 163 Å². The maximum atomic E-state index is 13.3. The van der Waals surface area contributed by atoms with E-state index in [-0.39, 0.29) is 17.4 Å². The van der Waals surface area contributed by atoms with Crippen LogP contribution >= 0.6 is 0 Å². The molecule has 0 fully saturated rings. The summed E-state index contributed by atoms with van der Waals surface area (Å²) < 4.78 is 18.3. The lowest BCUT2D eigenvalue weighted by Gasteiger charge is -2.16. The number of anilines is 2. The second-order valence-corrected chi connectivity index (χ2v) is 10.5. The lowest BCUT2D eigenvalue weighted by Crippen LogP contribution is -2.28. The van der Waals surface area contributed by atoms with Crippen LogP contribution in [0.3, 0.4) is 0 Å². The zero-order chi connectivity index (χ0) is 31.2. The number of hydrogen-bond acceptors (Lipinski definition) is 8. The van der Waals surface area contributed by atoms with Crippen LogP contribution < -0.4 is 16.4 Å². The van der Waals surface area contributed by atoms with Crippen LogP contribution in [0.5, 0.6) is 0 Å². The first-order valence-electron chi connectivity index (χ1n) is 14.0. The Morgan fingerprint density at radius 3 is 2.76 bits per heavy atom. The smallest absolute Gasteiger partial charge is 0.283 e. The molecule has 6 aromatic rings. The minimum absolute atomic E-state index is 0.0279. The van der Waals surface area contributed by atoms with Crippen LogP contribution in [0.2, 0.25) is 0 Å². The van der Waals surface area contributed by atoms with Gasteiger partial charge in [-0.15, -0.1) is 0 Å². The third-order valence-corrected chi connectivity index (χ3v) is 7.61. The minimum atomic E-state index is -1.17. The van der Waals surface area contributed by atoms with Gasteiger partial charge in [0, 0.05) is 37.5 Å². The molecule has 7 rings (SSSR count). The Labute approximate surface area is 255 Å². The fourth-order valence-electron chi connectivity index (χ4n) is 5.57. The van der Waals surface area contributed by atoms with Crippen molar-refractivity contribution in [2.24, 2.45) is 7.05 Å². The van der Waals surface area contributed by atoms with Crippen LogP contribution in [0, 0.1) is 0 Å². The van der Waals surface area contributed by atoms with E-state index in [0.29, 0.717) is 47.0 Å². The first-order valence-corrected chi connectivity index (χ1v) is 14.0. The van der Waals surface area contributed by atoms with Gasteiger partial charge in [-0.25, -0.2) is 24.0 Å². The van der Waals surface area contributed by atoms with Gasteiger partial charge in [-0.05, 0) is 66.4 Å². The number of halogens is 1. The van der Waals surface area contributed by atoms with Crippen molar-refractivity contribution in [1.82, 2.24) is 44.4 Å². The molecular weight excluding hydrogens is 577 g/mol. The molecule has 1 aromatic carbocycles. The third-order valence-electron chi connectivity index (χ3n) is 7.61. The molecule has 1 aliphatic carbocycles. The highest BCUT2D eigenvalue weighted by Crippen LogP contribution is 2.36. The number of pyridine rings is 2. The molecule has 2 amide bonds. The molecule has 1 atom stereocenters. The van der Waals surface area contributed by atoms with Crippen LogP contribution in [0.15, 0.2) is 85.7 Å². The van der Waals surface area contributed by atoms with Crippen molar-refractivity contribution >= 4 is 34.5 Å². The number of imidazole rings is 1. The molecule has 45 heavy (non-hydrogen) atoms. The minimum Gasteiger partial charge on any atom is -0.383 e. The molecule has 4 N–H and O–H groups in total. The molecule has 1 aliphatic rings. The van der Waals surface area contributed by atoms with Gasteiger partial charge < -0.3 is 16.4 Å². The highest BCUT2D eigenvalue weighted by Gasteiger charge is 2.28. The first-order chi connectivity index (χ1) is 21.8. The van der Waals surface area contributed by atoms with E-state index in [1.165, 1.54) is 10.9 Å². The van der Waals surface area contributed by atoms with Crippen molar-refractivity contribution in [3.05, 3.63) is 103 Å². The van der Waals surface area contributed by atoms with Crippen molar-refractivity contribution in [2.45, 2.75) is 18.9 Å². The lowest BCUT2D eigenvalue weighted by molar-refractivity contribution is -0.114. The number of aryl methyl sites for hydroxylation is 2. The Bertz CT molecular complexity index is 2130. The van der Waals surface area contributed by atoms with Crippen molar-refractivity contribution in [3.8, 4) is 22.9 Å². The van der Waals surface area contributed by atoms with E-state index in [2.05, 4.69) is 38.5 Å². The predicted octanol–water partition coefficient (Wildman–Crippen LogP) is 3.82. The number of nitrogens with two attached hydrogens (primary N) is 1. The number of aromatic nitrogens is 8. The highest BCUT2D eigenvalue weighted by atomic mass is 19.1. The predicted molar refractivity (Wildman–Crippen MR) is 164 cm³/mol. The summed E-state index contributed by atoms with van der Waals surface area (Å²) in [6.45, 7) is 3.00. The van der Waals surface area contributed by atoms with Gasteiger partial charge in [0.2, 0.25) is 0 Å². The number of carbonyl (C=O) groups excluding carboxylic acids is 2. The number of amides is 2. The Kier molecular flexibility index (Phi) is 6.65. The molecule has 0 bridgehead atoms. The van der Waals surface area contributed by atoms with Crippen LogP contribution in [0.4, 0.5) is 15.9 Å². The lowest BCUT2D eigenvalue weighted by atomic mass is 10.1. The fraction of sp³-hybridized carbons (Fsp3) is 0.129. The van der Waals surface area contributed by atoms with Crippen LogP contribution in [-0.2, 0) is 18.3 Å². The van der Waals surface area contributed by atoms with Gasteiger partial charge in [-0.3, -0.25) is 18.8 Å². The first kappa shape index (κ1) is 27.6. The van der Waals surface area contributed by atoms with Gasteiger partial charge in [0.1, 0.15) is 11.3 Å². The standard InChI is InChI=1S/C31H26FN11O2/c1-17(32)30(44)38-24-16-41(2)40-26(24)31(45)37-22-9-6-18-15-19(7-8-20(18)22)43-28(21-5-3-12-34-27(21)33)36-23-10-11-25(39-29(23)43)42-14-4-13-35-42/h3-5,7-8,10-16,22H,1,6,9H2,2H3,(H2,33,34)(H,37,45)(H,38,44)/t22-/m0/s1. The van der Waals surface area contributed by atoms with Crippen LogP contribution in [0.1, 0.15) is 34.1 Å². The Morgan fingerprint density at radius 1 is 1.11 bits per heavy atom. The molecule has 224 valence electrons. The number of benzene rings is 1. The second-order valence-electron chi connectivity index (χ2n) is 10.5. The average Bonchev–Trinajstić information content (AvgIpc) is 3.83. The molecule has 0 saturated heterocycles. The molecule has 5 heterocycles. The van der Waals surface area contributed by atoms with Crippen molar-refractivity contribution in [2.75, 3.05) is 11.1 Å². The summed E-state index contributed by atoms with van der Waals surface area (Å²) in [5.74, 6) is -1.15. The molecule has 0 saturated carbocycles. The van der Waals surface area contributed by atoms with Gasteiger partial charge in [-0.2, -0.15) is 10.2 Å². The summed E-state index contributed by atoms with van der Waals surface area (Å²) in [4.78, 5) is 39.2. The SMILES string of the molecule is C=C(F)C(=O)Nc1cn(C)nc1C(=O)N[C@H]1CCc2cc(-n3c(-c4cccnc4N)nc4ccc(-n5cccn5)nc43)ccc21. The summed E-state index contributed by atoms with van der Waals surface area (Å²) in [7, 11) is 1.60. The maximum absolute atomic E-state index is 13.3. The van der Waals surface area contributed by atoms with Gasteiger partial charge >= 0.3 is 0 Å². The monoisotopic (exact) mass is 603 g/mol. The largest absolute Gasteiger partial charge is 0.383 e. The number of nitrogens with zero attached hydrogens (tertiary/aromatic N) is 8. The number of hydrogen-bond donors (Lipinski definition) is 3. The van der Waals surface area contributed by atoms with Crippen LogP contribution in [0.25, 0.3) is 34.1 Å². The Hall–Kier alpha value is -6.18. The third kappa shape index (κ3) is 4.97. The van der Waals surface area contributed by atoms with Gasteiger partial charge in [0.15, 0.2) is 28.8 Å². The summed E-state index contributed by atoms with van der Waals surface area (Å²) in [6.07, 6.45) is 7.91. The van der Waals surface area contributed by atoms with E-state index in [0.717, 1.165) is 16.8 Å². The van der Waals surface area contributed by atoms with E-state index >= 15 is 0 Å². The normalized spacial score (nSPS) is 14.0. The van der Waals surface area contributed by atoms with E-state index in [1.54, 1.807) is 30.2 Å².